The van der Waals surface area contributed by atoms with E-state index in [9.17, 15) is 19.5 Å². The number of thiocarbonyl (C=S) groups is 1. The summed E-state index contributed by atoms with van der Waals surface area (Å²) in [7, 11) is 0. The summed E-state index contributed by atoms with van der Waals surface area (Å²) in [4.78, 5) is 38.5. The minimum absolute atomic E-state index is 0.0119. The number of aromatic carboxylic acids is 1. The van der Waals surface area contributed by atoms with Crippen LogP contribution in [0.15, 0.2) is 40.6 Å². The molecule has 3 rings (SSSR count). The highest BCUT2D eigenvalue weighted by molar-refractivity contribution is 8.26. The molecule has 0 bridgehead atoms. The highest BCUT2D eigenvalue weighted by atomic mass is 32.2. The lowest BCUT2D eigenvalue weighted by Gasteiger charge is -2.14. The Morgan fingerprint density at radius 1 is 1.29 bits per heavy atom. The molecular formula is C18H14N2O5S3. The molecular weight excluding hydrogens is 420 g/mol. The molecule has 1 aliphatic rings. The van der Waals surface area contributed by atoms with E-state index in [1.807, 2.05) is 17.5 Å². The number of rotatable bonds is 6. The van der Waals surface area contributed by atoms with Gasteiger partial charge in [0, 0.05) is 23.5 Å². The molecule has 1 saturated heterocycles. The molecule has 7 nitrogen and oxygen atoms in total. The number of carbonyl (C=O) groups is 3. The fourth-order valence-corrected chi connectivity index (χ4v) is 4.45. The first-order chi connectivity index (χ1) is 13.3. The first-order valence-corrected chi connectivity index (χ1v) is 10.1. The van der Waals surface area contributed by atoms with Gasteiger partial charge in [0.1, 0.15) is 15.6 Å². The van der Waals surface area contributed by atoms with Gasteiger partial charge in [-0.3, -0.25) is 14.5 Å². The van der Waals surface area contributed by atoms with Crippen molar-refractivity contribution in [2.75, 3.05) is 11.9 Å². The molecule has 0 unspecified atom stereocenters. The molecule has 10 heteroatoms. The smallest absolute Gasteiger partial charge is 0.339 e. The van der Waals surface area contributed by atoms with Crippen molar-refractivity contribution in [3.63, 3.8) is 0 Å². The van der Waals surface area contributed by atoms with Gasteiger partial charge in [-0.1, -0.05) is 30.0 Å². The van der Waals surface area contributed by atoms with E-state index in [0.717, 1.165) is 4.88 Å². The molecule has 2 amide bonds. The van der Waals surface area contributed by atoms with Crippen molar-refractivity contribution in [2.45, 2.75) is 6.42 Å². The van der Waals surface area contributed by atoms with E-state index in [-0.39, 0.29) is 35.9 Å². The van der Waals surface area contributed by atoms with E-state index >= 15 is 0 Å². The number of thioether (sulfide) groups is 1. The molecule has 2 aromatic rings. The average Bonchev–Trinajstić information content (AvgIpc) is 3.24. The number of thiophene rings is 1. The van der Waals surface area contributed by atoms with Gasteiger partial charge in [0.2, 0.25) is 5.91 Å². The van der Waals surface area contributed by atoms with Crippen molar-refractivity contribution >= 4 is 69.2 Å². The summed E-state index contributed by atoms with van der Waals surface area (Å²) in [6.45, 7) is 0.113. The van der Waals surface area contributed by atoms with Gasteiger partial charge in [-0.15, -0.1) is 11.3 Å². The topological polar surface area (TPSA) is 107 Å². The van der Waals surface area contributed by atoms with Crippen molar-refractivity contribution in [1.29, 1.82) is 0 Å². The molecule has 1 aromatic carbocycles. The molecule has 1 fully saturated rings. The molecule has 1 aromatic heterocycles. The fraction of sp³-hybridized carbons (Fsp3) is 0.111. The highest BCUT2D eigenvalue weighted by Crippen LogP contribution is 2.33. The summed E-state index contributed by atoms with van der Waals surface area (Å²) in [6, 6.07) is 7.53. The number of carboxylic acid groups (broad SMARTS) is 1. The monoisotopic (exact) mass is 434 g/mol. The van der Waals surface area contributed by atoms with Gasteiger partial charge in [0.25, 0.3) is 5.91 Å². The molecule has 2 heterocycles. The third kappa shape index (κ3) is 4.58. The molecule has 3 N–H and O–H groups in total. The molecule has 28 heavy (non-hydrogen) atoms. The van der Waals surface area contributed by atoms with Gasteiger partial charge >= 0.3 is 5.97 Å². The molecule has 0 saturated carbocycles. The number of phenols is 1. The molecule has 0 atom stereocenters. The van der Waals surface area contributed by atoms with Crippen LogP contribution in [0.25, 0.3) is 6.08 Å². The molecule has 144 valence electrons. The normalized spacial score (nSPS) is 15.3. The van der Waals surface area contributed by atoms with Crippen LogP contribution in [0.3, 0.4) is 0 Å². The van der Waals surface area contributed by atoms with Crippen LogP contribution >= 0.6 is 35.3 Å². The number of nitrogens with zero attached hydrogens (tertiary/aromatic N) is 1. The standard InChI is InChI=1S/C18H14N2O5S3/c21-13-4-3-10(8-12(13)17(24)25)19-15(22)5-6-20-16(23)14(28-18(20)26)9-11-2-1-7-27-11/h1-4,7-9,21H,5-6H2,(H,19,22)(H,24,25)/b14-9+. The van der Waals surface area contributed by atoms with Crippen LogP contribution in [-0.2, 0) is 9.59 Å². The Kier molecular flexibility index (Phi) is 6.12. The van der Waals surface area contributed by atoms with Gasteiger partial charge in [-0.2, -0.15) is 0 Å². The van der Waals surface area contributed by atoms with Crippen LogP contribution in [0.4, 0.5) is 5.69 Å². The number of hydrogen-bond donors (Lipinski definition) is 3. The Bertz CT molecular complexity index is 985. The van der Waals surface area contributed by atoms with E-state index in [0.29, 0.717) is 9.23 Å². The first kappa shape index (κ1) is 20.1. The summed E-state index contributed by atoms with van der Waals surface area (Å²) in [5, 5.41) is 23.0. The number of amides is 2. The van der Waals surface area contributed by atoms with Crippen molar-refractivity contribution in [3.05, 3.63) is 51.1 Å². The van der Waals surface area contributed by atoms with E-state index in [1.54, 1.807) is 6.08 Å². The van der Waals surface area contributed by atoms with Crippen molar-refractivity contribution in [1.82, 2.24) is 4.90 Å². The third-order valence-electron chi connectivity index (χ3n) is 3.76. The number of anilines is 1. The maximum absolute atomic E-state index is 12.5. The van der Waals surface area contributed by atoms with Gasteiger partial charge < -0.3 is 15.5 Å². The Morgan fingerprint density at radius 2 is 2.07 bits per heavy atom. The number of carboxylic acids is 1. The van der Waals surface area contributed by atoms with E-state index in [1.165, 1.54) is 46.2 Å². The zero-order valence-electron chi connectivity index (χ0n) is 14.2. The molecule has 0 spiro atoms. The molecule has 1 aliphatic heterocycles. The summed E-state index contributed by atoms with van der Waals surface area (Å²) in [6.07, 6.45) is 1.76. The Morgan fingerprint density at radius 3 is 2.75 bits per heavy atom. The van der Waals surface area contributed by atoms with Gasteiger partial charge in [0.15, 0.2) is 0 Å². The van der Waals surface area contributed by atoms with Crippen LogP contribution < -0.4 is 5.32 Å². The minimum Gasteiger partial charge on any atom is -0.507 e. The van der Waals surface area contributed by atoms with Crippen LogP contribution in [0.5, 0.6) is 5.75 Å². The molecule has 0 aliphatic carbocycles. The first-order valence-electron chi connectivity index (χ1n) is 8.00. The van der Waals surface area contributed by atoms with Crippen molar-refractivity contribution in [2.24, 2.45) is 0 Å². The van der Waals surface area contributed by atoms with Gasteiger partial charge in [-0.05, 0) is 35.7 Å². The van der Waals surface area contributed by atoms with E-state index < -0.39 is 11.9 Å². The quantitative estimate of drug-likeness (QED) is 0.363. The fourth-order valence-electron chi connectivity index (χ4n) is 2.42. The van der Waals surface area contributed by atoms with E-state index in [4.69, 9.17) is 17.3 Å². The Balaban J connectivity index is 1.60. The number of hydrogen-bond acceptors (Lipinski definition) is 7. The zero-order valence-corrected chi connectivity index (χ0v) is 16.7. The summed E-state index contributed by atoms with van der Waals surface area (Å²) in [5.41, 5.74) is -0.0726. The molecule has 0 radical (unpaired) electrons. The van der Waals surface area contributed by atoms with Crippen molar-refractivity contribution in [3.8, 4) is 5.75 Å². The Hall–Kier alpha value is -2.69. The lowest BCUT2D eigenvalue weighted by Crippen LogP contribution is -2.31. The van der Waals surface area contributed by atoms with Crippen LogP contribution in [0.2, 0.25) is 0 Å². The average molecular weight is 435 g/mol. The zero-order chi connectivity index (χ0) is 20.3. The van der Waals surface area contributed by atoms with Crippen LogP contribution in [0.1, 0.15) is 21.7 Å². The SMILES string of the molecule is O=C(CCN1C(=O)/C(=C\c2cccs2)SC1=S)Nc1ccc(O)c(C(=O)O)c1. The lowest BCUT2D eigenvalue weighted by atomic mass is 10.1. The maximum atomic E-state index is 12.5. The summed E-state index contributed by atoms with van der Waals surface area (Å²) in [5.74, 6) is -2.34. The van der Waals surface area contributed by atoms with Crippen molar-refractivity contribution < 1.29 is 24.6 Å². The second-order valence-corrected chi connectivity index (χ2v) is 8.34. The number of benzene rings is 1. The number of aromatic hydroxyl groups is 1. The van der Waals surface area contributed by atoms with Gasteiger partial charge in [0.05, 0.1) is 4.91 Å². The van der Waals surface area contributed by atoms with Gasteiger partial charge in [-0.25, -0.2) is 4.79 Å². The predicted octanol–water partition coefficient (Wildman–Crippen LogP) is 3.38. The second kappa shape index (κ2) is 8.55. The lowest BCUT2D eigenvalue weighted by molar-refractivity contribution is -0.122. The summed E-state index contributed by atoms with van der Waals surface area (Å²) >= 11 is 7.94. The summed E-state index contributed by atoms with van der Waals surface area (Å²) < 4.78 is 0.387. The largest absolute Gasteiger partial charge is 0.507 e. The predicted molar refractivity (Wildman–Crippen MR) is 113 cm³/mol. The number of carbonyl (C=O) groups excluding carboxylic acids is 2. The minimum atomic E-state index is -1.30. The van der Waals surface area contributed by atoms with E-state index in [2.05, 4.69) is 5.32 Å². The number of nitrogens with one attached hydrogen (secondary N) is 1. The van der Waals surface area contributed by atoms with Crippen LogP contribution in [0, 0.1) is 0 Å². The Labute approximate surface area is 173 Å². The maximum Gasteiger partial charge on any atom is 0.339 e. The second-order valence-electron chi connectivity index (χ2n) is 5.68. The highest BCUT2D eigenvalue weighted by Gasteiger charge is 2.32. The van der Waals surface area contributed by atoms with Crippen LogP contribution in [-0.4, -0.2) is 43.8 Å². The third-order valence-corrected chi connectivity index (χ3v) is 5.96.